The van der Waals surface area contributed by atoms with Crippen molar-refractivity contribution < 1.29 is 14.3 Å². The zero-order valence-corrected chi connectivity index (χ0v) is 18.0. The standard InChI is InChI=1S/C22H30N4O3/c1-6-7-9-25(3)21-13-18(23-15(2)24-21)22(27)26-10-8-16-11-19(28-4)20(29-5)12-17(16)14-26/h11-13H,6-10,14H2,1-5H3. The zero-order chi connectivity index (χ0) is 21.0. The highest BCUT2D eigenvalue weighted by atomic mass is 16.5. The first-order chi connectivity index (χ1) is 14.0. The molecule has 0 fully saturated rings. The molecule has 0 saturated carbocycles. The second kappa shape index (κ2) is 9.11. The van der Waals surface area contributed by atoms with Crippen LogP contribution in [0.3, 0.4) is 0 Å². The number of nitrogens with zero attached hydrogens (tertiary/aromatic N) is 4. The van der Waals surface area contributed by atoms with Gasteiger partial charge in [-0.25, -0.2) is 9.97 Å². The van der Waals surface area contributed by atoms with E-state index in [0.717, 1.165) is 42.9 Å². The van der Waals surface area contributed by atoms with Crippen molar-refractivity contribution in [3.05, 3.63) is 40.8 Å². The lowest BCUT2D eigenvalue weighted by atomic mass is 9.98. The van der Waals surface area contributed by atoms with E-state index in [1.54, 1.807) is 20.3 Å². The Bertz CT molecular complexity index is 885. The van der Waals surface area contributed by atoms with Gasteiger partial charge in [-0.15, -0.1) is 0 Å². The third-order valence-corrected chi connectivity index (χ3v) is 5.29. The van der Waals surface area contributed by atoms with Gasteiger partial charge in [0.2, 0.25) is 0 Å². The van der Waals surface area contributed by atoms with Crippen LogP contribution in [0.4, 0.5) is 5.82 Å². The summed E-state index contributed by atoms with van der Waals surface area (Å²) < 4.78 is 10.8. The molecule has 0 unspecified atom stereocenters. The first kappa shape index (κ1) is 20.9. The molecule has 1 amide bonds. The summed E-state index contributed by atoms with van der Waals surface area (Å²) in [5.41, 5.74) is 2.71. The first-order valence-electron chi connectivity index (χ1n) is 10.1. The molecule has 0 atom stereocenters. The maximum absolute atomic E-state index is 13.2. The molecule has 3 rings (SSSR count). The first-order valence-corrected chi connectivity index (χ1v) is 10.1. The number of amides is 1. The van der Waals surface area contributed by atoms with E-state index >= 15 is 0 Å². The summed E-state index contributed by atoms with van der Waals surface area (Å²) in [6.45, 7) is 6.06. The fraction of sp³-hybridized carbons (Fsp3) is 0.500. The lowest BCUT2D eigenvalue weighted by Crippen LogP contribution is -2.36. The fourth-order valence-electron chi connectivity index (χ4n) is 3.59. The lowest BCUT2D eigenvalue weighted by Gasteiger charge is -2.29. The van der Waals surface area contributed by atoms with Crippen LogP contribution in [0.5, 0.6) is 11.5 Å². The third-order valence-electron chi connectivity index (χ3n) is 5.29. The number of fused-ring (bicyclic) bond motifs is 1. The van der Waals surface area contributed by atoms with Crippen molar-refractivity contribution in [3.63, 3.8) is 0 Å². The molecule has 1 aliphatic heterocycles. The molecular weight excluding hydrogens is 368 g/mol. The van der Waals surface area contributed by atoms with Gasteiger partial charge in [0.1, 0.15) is 17.3 Å². The Morgan fingerprint density at radius 3 is 2.48 bits per heavy atom. The van der Waals surface area contributed by atoms with Gasteiger partial charge in [-0.1, -0.05) is 13.3 Å². The van der Waals surface area contributed by atoms with Crippen LogP contribution in [-0.2, 0) is 13.0 Å². The minimum absolute atomic E-state index is 0.0684. The number of aryl methyl sites for hydroxylation is 1. The summed E-state index contributed by atoms with van der Waals surface area (Å²) in [5, 5.41) is 0. The Morgan fingerprint density at radius 2 is 1.83 bits per heavy atom. The highest BCUT2D eigenvalue weighted by Gasteiger charge is 2.25. The number of rotatable bonds is 7. The molecule has 0 spiro atoms. The normalized spacial score (nSPS) is 13.1. The van der Waals surface area contributed by atoms with Crippen molar-refractivity contribution in [2.45, 2.75) is 39.7 Å². The van der Waals surface area contributed by atoms with E-state index in [0.29, 0.717) is 30.4 Å². The van der Waals surface area contributed by atoms with Gasteiger partial charge in [0.05, 0.1) is 14.2 Å². The fourth-order valence-corrected chi connectivity index (χ4v) is 3.59. The van der Waals surface area contributed by atoms with Crippen LogP contribution < -0.4 is 14.4 Å². The Morgan fingerprint density at radius 1 is 1.14 bits per heavy atom. The molecule has 2 heterocycles. The number of benzene rings is 1. The van der Waals surface area contributed by atoms with E-state index in [4.69, 9.17) is 9.47 Å². The molecule has 1 aromatic carbocycles. The number of hydrogen-bond donors (Lipinski definition) is 0. The number of carbonyl (C=O) groups is 1. The molecule has 0 saturated heterocycles. The Hall–Kier alpha value is -2.83. The maximum atomic E-state index is 13.2. The number of methoxy groups -OCH3 is 2. The maximum Gasteiger partial charge on any atom is 0.272 e. The summed E-state index contributed by atoms with van der Waals surface area (Å²) in [4.78, 5) is 26.0. The lowest BCUT2D eigenvalue weighted by molar-refractivity contribution is 0.0728. The smallest absolute Gasteiger partial charge is 0.272 e. The molecule has 156 valence electrons. The summed E-state index contributed by atoms with van der Waals surface area (Å²) in [7, 11) is 5.26. The van der Waals surface area contributed by atoms with Crippen LogP contribution in [0.2, 0.25) is 0 Å². The van der Waals surface area contributed by atoms with Crippen LogP contribution in [0, 0.1) is 6.92 Å². The van der Waals surface area contributed by atoms with Gasteiger partial charge in [-0.3, -0.25) is 4.79 Å². The summed E-state index contributed by atoms with van der Waals surface area (Å²) in [6, 6.07) is 5.77. The van der Waals surface area contributed by atoms with Crippen molar-refractivity contribution >= 4 is 11.7 Å². The topological polar surface area (TPSA) is 67.8 Å². The van der Waals surface area contributed by atoms with Crippen LogP contribution >= 0.6 is 0 Å². The van der Waals surface area contributed by atoms with E-state index in [9.17, 15) is 4.79 Å². The minimum atomic E-state index is -0.0684. The molecule has 0 aliphatic carbocycles. The average molecular weight is 399 g/mol. The predicted molar refractivity (Wildman–Crippen MR) is 113 cm³/mol. The van der Waals surface area contributed by atoms with Crippen molar-refractivity contribution in [2.24, 2.45) is 0 Å². The van der Waals surface area contributed by atoms with E-state index < -0.39 is 0 Å². The van der Waals surface area contributed by atoms with E-state index in [2.05, 4.69) is 21.8 Å². The highest BCUT2D eigenvalue weighted by Crippen LogP contribution is 2.33. The number of ether oxygens (including phenoxy) is 2. The number of aromatic nitrogens is 2. The quantitative estimate of drug-likeness (QED) is 0.713. The molecule has 7 nitrogen and oxygen atoms in total. The van der Waals surface area contributed by atoms with Crippen molar-refractivity contribution in [3.8, 4) is 11.5 Å². The van der Waals surface area contributed by atoms with E-state index in [-0.39, 0.29) is 5.91 Å². The van der Waals surface area contributed by atoms with Gasteiger partial charge in [-0.2, -0.15) is 0 Å². The second-order valence-corrected chi connectivity index (χ2v) is 7.39. The van der Waals surface area contributed by atoms with Crippen molar-refractivity contribution in [2.75, 3.05) is 39.3 Å². The van der Waals surface area contributed by atoms with Crippen LogP contribution in [0.15, 0.2) is 18.2 Å². The summed E-state index contributed by atoms with van der Waals surface area (Å²) in [5.74, 6) is 2.73. The van der Waals surface area contributed by atoms with Crippen molar-refractivity contribution in [1.82, 2.24) is 14.9 Å². The number of unbranched alkanes of at least 4 members (excludes halogenated alkanes) is 1. The number of hydrogen-bond acceptors (Lipinski definition) is 6. The Labute approximate surface area is 172 Å². The molecule has 0 bridgehead atoms. The molecule has 0 radical (unpaired) electrons. The molecule has 2 aromatic rings. The molecule has 7 heteroatoms. The Kier molecular flexibility index (Phi) is 6.56. The van der Waals surface area contributed by atoms with Gasteiger partial charge in [0.25, 0.3) is 5.91 Å². The SMILES string of the molecule is CCCCN(C)c1cc(C(=O)N2CCc3cc(OC)c(OC)cc3C2)nc(C)n1. The van der Waals surface area contributed by atoms with Gasteiger partial charge in [0, 0.05) is 32.7 Å². The minimum Gasteiger partial charge on any atom is -0.493 e. The molecule has 1 aliphatic rings. The van der Waals surface area contributed by atoms with Crippen LogP contribution in [-0.4, -0.2) is 55.1 Å². The van der Waals surface area contributed by atoms with Crippen LogP contribution in [0.25, 0.3) is 0 Å². The molecule has 29 heavy (non-hydrogen) atoms. The van der Waals surface area contributed by atoms with E-state index in [1.165, 1.54) is 5.56 Å². The van der Waals surface area contributed by atoms with Gasteiger partial charge in [0.15, 0.2) is 11.5 Å². The largest absolute Gasteiger partial charge is 0.493 e. The monoisotopic (exact) mass is 398 g/mol. The summed E-state index contributed by atoms with van der Waals surface area (Å²) >= 11 is 0. The Balaban J connectivity index is 1.82. The average Bonchev–Trinajstić information content (AvgIpc) is 2.74. The highest BCUT2D eigenvalue weighted by molar-refractivity contribution is 5.93. The summed E-state index contributed by atoms with van der Waals surface area (Å²) in [6.07, 6.45) is 2.97. The molecule has 1 aromatic heterocycles. The van der Waals surface area contributed by atoms with Gasteiger partial charge >= 0.3 is 0 Å². The van der Waals surface area contributed by atoms with Gasteiger partial charge < -0.3 is 19.3 Å². The van der Waals surface area contributed by atoms with Gasteiger partial charge in [-0.05, 0) is 43.0 Å². The van der Waals surface area contributed by atoms with E-state index in [1.807, 2.05) is 31.0 Å². The molecule has 0 N–H and O–H groups in total. The second-order valence-electron chi connectivity index (χ2n) is 7.39. The van der Waals surface area contributed by atoms with Crippen LogP contribution in [0.1, 0.15) is 47.2 Å². The predicted octanol–water partition coefficient (Wildman–Crippen LogP) is 3.24. The third kappa shape index (κ3) is 4.60. The molecular formula is C22H30N4O3. The number of anilines is 1. The zero-order valence-electron chi connectivity index (χ0n) is 18.0. The number of carbonyl (C=O) groups excluding carboxylic acids is 1. The van der Waals surface area contributed by atoms with Crippen molar-refractivity contribution in [1.29, 1.82) is 0 Å².